The van der Waals surface area contributed by atoms with E-state index in [1.807, 2.05) is 0 Å². The van der Waals surface area contributed by atoms with Crippen LogP contribution in [-0.4, -0.2) is 41.5 Å². The van der Waals surface area contributed by atoms with Crippen LogP contribution < -0.4 is 11.1 Å². The number of hydrogen-bond donors (Lipinski definition) is 2. The fourth-order valence-electron chi connectivity index (χ4n) is 2.52. The maximum absolute atomic E-state index is 13.8. The third kappa shape index (κ3) is 4.47. The van der Waals surface area contributed by atoms with Crippen LogP contribution in [0.25, 0.3) is 0 Å². The van der Waals surface area contributed by atoms with E-state index in [1.54, 1.807) is 13.0 Å². The fourth-order valence-corrected chi connectivity index (χ4v) is 2.71. The Morgan fingerprint density at radius 1 is 1.48 bits per heavy atom. The molecule has 3 N–H and O–H groups in total. The van der Waals surface area contributed by atoms with E-state index in [9.17, 15) is 9.18 Å². The molecule has 1 amide bonds. The van der Waals surface area contributed by atoms with Crippen LogP contribution in [-0.2, 0) is 0 Å². The number of nitrogens with zero attached hydrogens (tertiary/aromatic N) is 1. The summed E-state index contributed by atoms with van der Waals surface area (Å²) in [7, 11) is 0. The van der Waals surface area contributed by atoms with Crippen molar-refractivity contribution in [1.82, 2.24) is 10.2 Å². The molecule has 1 fully saturated rings. The Labute approximate surface area is 129 Å². The maximum Gasteiger partial charge on any atom is 0.254 e. The van der Waals surface area contributed by atoms with Crippen molar-refractivity contribution < 1.29 is 9.18 Å². The zero-order valence-corrected chi connectivity index (χ0v) is 12.9. The largest absolute Gasteiger partial charge is 0.392 e. The number of carbonyl (C=O) groups is 1. The quantitative estimate of drug-likeness (QED) is 0.830. The van der Waals surface area contributed by atoms with Crippen molar-refractivity contribution in [1.29, 1.82) is 0 Å². The summed E-state index contributed by atoms with van der Waals surface area (Å²) in [6.07, 6.45) is 1.64. The number of likely N-dealkylation sites (tertiary alicyclic amines) is 1. The van der Waals surface area contributed by atoms with Crippen molar-refractivity contribution in [2.75, 3.05) is 19.6 Å². The Morgan fingerprint density at radius 3 is 2.71 bits per heavy atom. The van der Waals surface area contributed by atoms with Crippen molar-refractivity contribution in [3.05, 3.63) is 35.1 Å². The Kier molecular flexibility index (Phi) is 5.25. The lowest BCUT2D eigenvalue weighted by molar-refractivity contribution is 0.0911. The number of rotatable bonds is 4. The number of aryl methyl sites for hydroxylation is 1. The van der Waals surface area contributed by atoms with E-state index in [0.29, 0.717) is 11.5 Å². The molecule has 4 nitrogen and oxygen atoms in total. The van der Waals surface area contributed by atoms with Crippen molar-refractivity contribution in [3.8, 4) is 0 Å². The zero-order chi connectivity index (χ0) is 15.4. The van der Waals surface area contributed by atoms with Crippen LogP contribution in [0.3, 0.4) is 0 Å². The number of thiocarbonyl (C=S) groups is 1. The fraction of sp³-hybridized carbons (Fsp3) is 0.467. The summed E-state index contributed by atoms with van der Waals surface area (Å²) in [5.41, 5.74) is 6.43. The molecule has 0 spiro atoms. The molecule has 0 bridgehead atoms. The maximum atomic E-state index is 13.8. The SMILES string of the molecule is Cc1ccc(C(=O)NC2CCN(CC(N)=S)CC2)c(F)c1. The van der Waals surface area contributed by atoms with Gasteiger partial charge >= 0.3 is 0 Å². The number of benzene rings is 1. The number of piperidine rings is 1. The van der Waals surface area contributed by atoms with Gasteiger partial charge < -0.3 is 11.1 Å². The smallest absolute Gasteiger partial charge is 0.254 e. The van der Waals surface area contributed by atoms with Crippen molar-refractivity contribution in [2.24, 2.45) is 5.73 Å². The third-order valence-corrected chi connectivity index (χ3v) is 3.80. The highest BCUT2D eigenvalue weighted by Crippen LogP contribution is 2.13. The highest BCUT2D eigenvalue weighted by Gasteiger charge is 2.22. The lowest BCUT2D eigenvalue weighted by Crippen LogP contribution is -2.46. The molecule has 1 aliphatic heterocycles. The lowest BCUT2D eigenvalue weighted by atomic mass is 10.0. The van der Waals surface area contributed by atoms with E-state index < -0.39 is 5.82 Å². The molecule has 1 saturated heterocycles. The summed E-state index contributed by atoms with van der Waals surface area (Å²) in [5.74, 6) is -0.821. The molecular weight excluding hydrogens is 289 g/mol. The van der Waals surface area contributed by atoms with Gasteiger partial charge in [0, 0.05) is 25.7 Å². The van der Waals surface area contributed by atoms with E-state index in [0.717, 1.165) is 31.5 Å². The molecule has 1 aromatic rings. The number of halogens is 1. The van der Waals surface area contributed by atoms with Gasteiger partial charge in [-0.15, -0.1) is 0 Å². The minimum atomic E-state index is -0.474. The topological polar surface area (TPSA) is 58.4 Å². The molecule has 0 unspecified atom stereocenters. The Balaban J connectivity index is 1.88. The summed E-state index contributed by atoms with van der Waals surface area (Å²) in [5, 5.41) is 2.90. The molecule has 21 heavy (non-hydrogen) atoms. The molecule has 2 rings (SSSR count). The molecule has 0 aromatic heterocycles. The second-order valence-electron chi connectivity index (χ2n) is 5.47. The predicted octanol–water partition coefficient (Wildman–Crippen LogP) is 1.61. The number of nitrogens with one attached hydrogen (secondary N) is 1. The molecule has 1 aliphatic rings. The van der Waals surface area contributed by atoms with Gasteiger partial charge in [-0.3, -0.25) is 9.69 Å². The minimum Gasteiger partial charge on any atom is -0.392 e. The molecule has 6 heteroatoms. The second-order valence-corrected chi connectivity index (χ2v) is 6.00. The van der Waals surface area contributed by atoms with Crippen LogP contribution in [0.1, 0.15) is 28.8 Å². The van der Waals surface area contributed by atoms with E-state index >= 15 is 0 Å². The molecule has 0 aliphatic carbocycles. The van der Waals surface area contributed by atoms with Crippen molar-refractivity contribution in [2.45, 2.75) is 25.8 Å². The van der Waals surface area contributed by atoms with Gasteiger partial charge in [-0.1, -0.05) is 18.3 Å². The molecular formula is C15H20FN3OS. The van der Waals surface area contributed by atoms with Crippen molar-refractivity contribution >= 4 is 23.1 Å². The van der Waals surface area contributed by atoms with Gasteiger partial charge in [-0.05, 0) is 37.5 Å². The van der Waals surface area contributed by atoms with E-state index in [-0.39, 0.29) is 17.5 Å². The van der Waals surface area contributed by atoms with Crippen LogP contribution in [0, 0.1) is 12.7 Å². The Bertz CT molecular complexity index is 542. The Hall–Kier alpha value is -1.53. The number of carbonyl (C=O) groups excluding carboxylic acids is 1. The first-order valence-corrected chi connectivity index (χ1v) is 7.44. The molecule has 1 aromatic carbocycles. The van der Waals surface area contributed by atoms with Gasteiger partial charge in [0.25, 0.3) is 5.91 Å². The zero-order valence-electron chi connectivity index (χ0n) is 12.1. The summed E-state index contributed by atoms with van der Waals surface area (Å²) < 4.78 is 13.8. The van der Waals surface area contributed by atoms with Crippen LogP contribution in [0.4, 0.5) is 4.39 Å². The predicted molar refractivity (Wildman–Crippen MR) is 84.9 cm³/mol. The number of nitrogens with two attached hydrogens (primary N) is 1. The highest BCUT2D eigenvalue weighted by molar-refractivity contribution is 7.80. The number of hydrogen-bond acceptors (Lipinski definition) is 3. The summed E-state index contributed by atoms with van der Waals surface area (Å²) in [6.45, 7) is 4.07. The second kappa shape index (κ2) is 6.95. The average molecular weight is 309 g/mol. The lowest BCUT2D eigenvalue weighted by Gasteiger charge is -2.32. The molecule has 0 radical (unpaired) electrons. The first-order chi connectivity index (χ1) is 9.95. The van der Waals surface area contributed by atoms with Gasteiger partial charge in [0.2, 0.25) is 0 Å². The van der Waals surface area contributed by atoms with Crippen molar-refractivity contribution in [3.63, 3.8) is 0 Å². The molecule has 0 atom stereocenters. The first kappa shape index (κ1) is 15.9. The summed E-state index contributed by atoms with van der Waals surface area (Å²) in [4.78, 5) is 14.7. The van der Waals surface area contributed by atoms with Gasteiger partial charge in [0.1, 0.15) is 5.82 Å². The van der Waals surface area contributed by atoms with Gasteiger partial charge in [-0.25, -0.2) is 4.39 Å². The van der Waals surface area contributed by atoms with E-state index in [2.05, 4.69) is 10.2 Å². The van der Waals surface area contributed by atoms with Crippen LogP contribution in [0.2, 0.25) is 0 Å². The first-order valence-electron chi connectivity index (χ1n) is 7.03. The molecule has 1 heterocycles. The normalized spacial score (nSPS) is 16.7. The molecule has 0 saturated carbocycles. The monoisotopic (exact) mass is 309 g/mol. The highest BCUT2D eigenvalue weighted by atomic mass is 32.1. The standard InChI is InChI=1S/C15H20FN3OS/c1-10-2-3-12(13(16)8-10)15(20)18-11-4-6-19(7-5-11)9-14(17)21/h2-3,8,11H,4-7,9H2,1H3,(H2,17,21)(H,18,20). The van der Waals surface area contributed by atoms with Crippen LogP contribution in [0.5, 0.6) is 0 Å². The minimum absolute atomic E-state index is 0.0702. The van der Waals surface area contributed by atoms with Gasteiger partial charge in [0.15, 0.2) is 0 Å². The third-order valence-electron chi connectivity index (χ3n) is 3.67. The summed E-state index contributed by atoms with van der Waals surface area (Å²) in [6, 6.07) is 4.71. The Morgan fingerprint density at radius 2 is 2.14 bits per heavy atom. The average Bonchev–Trinajstić information content (AvgIpc) is 2.40. The van der Waals surface area contributed by atoms with Crippen LogP contribution in [0.15, 0.2) is 18.2 Å². The summed E-state index contributed by atoms with van der Waals surface area (Å²) >= 11 is 4.89. The van der Waals surface area contributed by atoms with Gasteiger partial charge in [0.05, 0.1) is 10.6 Å². The van der Waals surface area contributed by atoms with E-state index in [1.165, 1.54) is 12.1 Å². The molecule has 114 valence electrons. The van der Waals surface area contributed by atoms with E-state index in [4.69, 9.17) is 18.0 Å². The van der Waals surface area contributed by atoms with Crippen LogP contribution >= 0.6 is 12.2 Å². The van der Waals surface area contributed by atoms with Gasteiger partial charge in [-0.2, -0.15) is 0 Å². The number of amides is 1.